The third-order valence-corrected chi connectivity index (χ3v) is 6.76. The topological polar surface area (TPSA) is 75.6 Å². The first-order chi connectivity index (χ1) is 17.0. The van der Waals surface area contributed by atoms with Crippen LogP contribution in [-0.2, 0) is 16.0 Å². The van der Waals surface area contributed by atoms with Gasteiger partial charge >= 0.3 is 5.97 Å². The Labute approximate surface area is 214 Å². The number of thiazole rings is 1. The van der Waals surface area contributed by atoms with Gasteiger partial charge in [0.25, 0.3) is 0 Å². The van der Waals surface area contributed by atoms with Gasteiger partial charge in [0.2, 0.25) is 0 Å². The number of hydrogen-bond donors (Lipinski definition) is 2. The molecule has 2 N–H and O–H groups in total. The summed E-state index contributed by atoms with van der Waals surface area (Å²) in [7, 11) is 0. The van der Waals surface area contributed by atoms with Gasteiger partial charge in [-0.25, -0.2) is 18.6 Å². The average Bonchev–Trinajstić information content (AvgIpc) is 3.37. The largest absolute Gasteiger partial charge is 0.463 e. The maximum absolute atomic E-state index is 13.8. The molecular formula is C25H23BrF2N4O2S. The van der Waals surface area contributed by atoms with Gasteiger partial charge in [-0.05, 0) is 55.3 Å². The van der Waals surface area contributed by atoms with Crippen LogP contribution < -0.4 is 10.6 Å². The molecule has 0 bridgehead atoms. The molecule has 6 nitrogen and oxygen atoms in total. The number of esters is 1. The van der Waals surface area contributed by atoms with E-state index in [0.717, 1.165) is 5.56 Å². The van der Waals surface area contributed by atoms with E-state index >= 15 is 0 Å². The number of ether oxygens (including phenoxy) is 1. The van der Waals surface area contributed by atoms with Crippen LogP contribution in [0.4, 0.5) is 8.78 Å². The van der Waals surface area contributed by atoms with E-state index in [0.29, 0.717) is 51.7 Å². The van der Waals surface area contributed by atoms with Crippen molar-refractivity contribution < 1.29 is 18.3 Å². The molecule has 182 valence electrons. The molecule has 2 heterocycles. The number of amidine groups is 1. The molecule has 0 amide bonds. The first-order valence-corrected chi connectivity index (χ1v) is 12.7. The first kappa shape index (κ1) is 25.2. The van der Waals surface area contributed by atoms with Gasteiger partial charge in [0.05, 0.1) is 12.2 Å². The highest BCUT2D eigenvalue weighted by Crippen LogP contribution is 2.36. The van der Waals surface area contributed by atoms with Crippen molar-refractivity contribution in [2.45, 2.75) is 19.4 Å². The molecule has 3 aromatic rings. The second kappa shape index (κ2) is 11.7. The Balaban J connectivity index is 1.66. The molecule has 0 spiro atoms. The SMILES string of the molecule is CCOC(=O)C1=C(CNCCc2cccc(F)c2)NC(c2nccs2)=NC1c1ccc(F)cc1Br. The van der Waals surface area contributed by atoms with E-state index in [1.165, 1.54) is 35.6 Å². The molecule has 0 fully saturated rings. The molecule has 1 unspecified atom stereocenters. The monoisotopic (exact) mass is 560 g/mol. The van der Waals surface area contributed by atoms with E-state index in [2.05, 4.69) is 31.5 Å². The van der Waals surface area contributed by atoms with Crippen molar-refractivity contribution in [3.05, 3.63) is 97.6 Å². The van der Waals surface area contributed by atoms with E-state index in [-0.39, 0.29) is 12.4 Å². The number of rotatable bonds is 9. The van der Waals surface area contributed by atoms with Crippen molar-refractivity contribution in [2.24, 2.45) is 4.99 Å². The number of carbonyl (C=O) groups excluding carboxylic acids is 1. The number of carbonyl (C=O) groups is 1. The van der Waals surface area contributed by atoms with Gasteiger partial charge in [-0.2, -0.15) is 0 Å². The molecule has 1 aromatic heterocycles. The summed E-state index contributed by atoms with van der Waals surface area (Å²) in [6.45, 7) is 2.80. The Morgan fingerprint density at radius 3 is 2.77 bits per heavy atom. The number of nitrogens with one attached hydrogen (secondary N) is 2. The van der Waals surface area contributed by atoms with Crippen LogP contribution in [0.5, 0.6) is 0 Å². The number of nitrogens with zero attached hydrogens (tertiary/aromatic N) is 2. The molecule has 10 heteroatoms. The minimum atomic E-state index is -0.732. The molecule has 4 rings (SSSR count). The molecule has 1 aliphatic heterocycles. The van der Waals surface area contributed by atoms with Crippen molar-refractivity contribution in [2.75, 3.05) is 19.7 Å². The van der Waals surface area contributed by atoms with Crippen LogP contribution in [0.15, 0.2) is 74.8 Å². The van der Waals surface area contributed by atoms with Crippen molar-refractivity contribution in [1.82, 2.24) is 15.6 Å². The van der Waals surface area contributed by atoms with Gasteiger partial charge in [0.15, 0.2) is 10.8 Å². The van der Waals surface area contributed by atoms with Gasteiger partial charge < -0.3 is 15.4 Å². The quantitative estimate of drug-likeness (QED) is 0.287. The molecule has 1 aliphatic rings. The van der Waals surface area contributed by atoms with E-state index in [9.17, 15) is 13.6 Å². The summed E-state index contributed by atoms with van der Waals surface area (Å²) in [4.78, 5) is 22.2. The molecule has 1 atom stereocenters. The lowest BCUT2D eigenvalue weighted by Gasteiger charge is -2.28. The van der Waals surface area contributed by atoms with Crippen LogP contribution in [0.25, 0.3) is 0 Å². The fourth-order valence-corrected chi connectivity index (χ4v) is 4.88. The van der Waals surface area contributed by atoms with E-state index in [1.807, 2.05) is 11.4 Å². The third-order valence-electron chi connectivity index (χ3n) is 5.29. The fraction of sp³-hybridized carbons (Fsp3) is 0.240. The van der Waals surface area contributed by atoms with Gasteiger partial charge in [0, 0.05) is 28.3 Å². The maximum atomic E-state index is 13.8. The van der Waals surface area contributed by atoms with Gasteiger partial charge in [-0.1, -0.05) is 34.1 Å². The molecule has 35 heavy (non-hydrogen) atoms. The Bertz CT molecular complexity index is 1260. The lowest BCUT2D eigenvalue weighted by molar-refractivity contribution is -0.139. The van der Waals surface area contributed by atoms with Gasteiger partial charge in [0.1, 0.15) is 17.7 Å². The standard InChI is InChI=1S/C25H23BrF2N4O2S/c1-2-34-25(33)21-20(14-29-9-8-15-4-3-5-16(27)12-15)31-23(24-30-10-11-35-24)32-22(21)18-7-6-17(28)13-19(18)26/h3-7,10-13,22,29H,2,8-9,14H2,1H3,(H,31,32). The maximum Gasteiger partial charge on any atom is 0.338 e. The number of benzene rings is 2. The lowest BCUT2D eigenvalue weighted by atomic mass is 9.95. The lowest BCUT2D eigenvalue weighted by Crippen LogP contribution is -2.38. The van der Waals surface area contributed by atoms with Crippen LogP contribution in [0.1, 0.15) is 29.1 Å². The van der Waals surface area contributed by atoms with Crippen LogP contribution in [0.3, 0.4) is 0 Å². The molecule has 0 saturated heterocycles. The molecular weight excluding hydrogens is 538 g/mol. The number of hydrogen-bond acceptors (Lipinski definition) is 7. The molecule has 0 radical (unpaired) electrons. The Kier molecular flexibility index (Phi) is 8.37. The summed E-state index contributed by atoms with van der Waals surface area (Å²) in [5, 5.41) is 9.06. The first-order valence-electron chi connectivity index (χ1n) is 11.0. The second-order valence-corrected chi connectivity index (χ2v) is 9.43. The van der Waals surface area contributed by atoms with E-state index in [1.54, 1.807) is 25.3 Å². The van der Waals surface area contributed by atoms with Crippen LogP contribution in [0.2, 0.25) is 0 Å². The Hall–Kier alpha value is -2.95. The summed E-state index contributed by atoms with van der Waals surface area (Å²) in [6.07, 6.45) is 2.29. The third kappa shape index (κ3) is 6.19. The molecule has 0 aliphatic carbocycles. The predicted octanol–water partition coefficient (Wildman–Crippen LogP) is 4.92. The average molecular weight is 561 g/mol. The zero-order chi connectivity index (χ0) is 24.8. The minimum Gasteiger partial charge on any atom is -0.463 e. The number of aliphatic imine (C=N–C) groups is 1. The van der Waals surface area contributed by atoms with E-state index in [4.69, 9.17) is 9.73 Å². The molecule has 2 aromatic carbocycles. The van der Waals surface area contributed by atoms with Crippen molar-refractivity contribution >= 4 is 39.1 Å². The number of halogens is 3. The van der Waals surface area contributed by atoms with Gasteiger partial charge in [-0.15, -0.1) is 11.3 Å². The molecule has 0 saturated carbocycles. The van der Waals surface area contributed by atoms with Crippen LogP contribution in [0, 0.1) is 11.6 Å². The summed E-state index contributed by atoms with van der Waals surface area (Å²) >= 11 is 4.83. The second-order valence-electron chi connectivity index (χ2n) is 7.68. The van der Waals surface area contributed by atoms with Crippen LogP contribution >= 0.6 is 27.3 Å². The Morgan fingerprint density at radius 1 is 1.23 bits per heavy atom. The van der Waals surface area contributed by atoms with Crippen molar-refractivity contribution in [3.8, 4) is 0 Å². The smallest absolute Gasteiger partial charge is 0.338 e. The fourth-order valence-electron chi connectivity index (χ4n) is 3.72. The minimum absolute atomic E-state index is 0.197. The highest BCUT2D eigenvalue weighted by molar-refractivity contribution is 9.10. The Morgan fingerprint density at radius 2 is 2.06 bits per heavy atom. The summed E-state index contributed by atoms with van der Waals surface area (Å²) < 4.78 is 33.2. The highest BCUT2D eigenvalue weighted by Gasteiger charge is 2.33. The summed E-state index contributed by atoms with van der Waals surface area (Å²) in [5.74, 6) is -0.679. The van der Waals surface area contributed by atoms with Gasteiger partial charge in [-0.3, -0.25) is 4.99 Å². The summed E-state index contributed by atoms with van der Waals surface area (Å²) in [5.41, 5.74) is 2.41. The summed E-state index contributed by atoms with van der Waals surface area (Å²) in [6, 6.07) is 10.00. The zero-order valence-corrected chi connectivity index (χ0v) is 21.3. The van der Waals surface area contributed by atoms with Crippen molar-refractivity contribution in [1.29, 1.82) is 0 Å². The predicted molar refractivity (Wildman–Crippen MR) is 135 cm³/mol. The highest BCUT2D eigenvalue weighted by atomic mass is 79.9. The van der Waals surface area contributed by atoms with Crippen LogP contribution in [-0.4, -0.2) is 36.5 Å². The number of aromatic nitrogens is 1. The normalized spacial score (nSPS) is 15.5. The van der Waals surface area contributed by atoms with E-state index < -0.39 is 17.8 Å². The van der Waals surface area contributed by atoms with Crippen molar-refractivity contribution in [3.63, 3.8) is 0 Å². The zero-order valence-electron chi connectivity index (χ0n) is 18.9.